The summed E-state index contributed by atoms with van der Waals surface area (Å²) in [4.78, 5) is 0. The van der Waals surface area contributed by atoms with Gasteiger partial charge in [-0.05, 0) is 47.3 Å². The van der Waals surface area contributed by atoms with Crippen LogP contribution in [0.2, 0.25) is 0 Å². The standard InChI is InChI=1S/C10H12BrNO2S/c1-7-3-2-4-9(11)10(7)12-15(13,14)8-5-6-8/h2-4,8,12H,5-6H2,1H3. The van der Waals surface area contributed by atoms with Gasteiger partial charge in [0, 0.05) is 4.47 Å². The largest absolute Gasteiger partial charge is 0.282 e. The van der Waals surface area contributed by atoms with Gasteiger partial charge in [0.15, 0.2) is 0 Å². The highest BCUT2D eigenvalue weighted by Gasteiger charge is 2.36. The SMILES string of the molecule is Cc1cccc(Br)c1NS(=O)(=O)C1CC1. The molecule has 1 aliphatic rings. The number of halogens is 1. The summed E-state index contributed by atoms with van der Waals surface area (Å²) in [6, 6.07) is 5.60. The summed E-state index contributed by atoms with van der Waals surface area (Å²) in [5.41, 5.74) is 1.58. The molecule has 0 heterocycles. The minimum Gasteiger partial charge on any atom is -0.282 e. The molecule has 1 saturated carbocycles. The average Bonchev–Trinajstić information content (AvgIpc) is 2.94. The number of sulfonamides is 1. The number of hydrogen-bond acceptors (Lipinski definition) is 2. The fourth-order valence-corrected chi connectivity index (χ4v) is 3.54. The van der Waals surface area contributed by atoms with Gasteiger partial charge in [-0.3, -0.25) is 4.72 Å². The van der Waals surface area contributed by atoms with Crippen LogP contribution in [0.5, 0.6) is 0 Å². The van der Waals surface area contributed by atoms with Crippen LogP contribution < -0.4 is 4.72 Å². The molecule has 0 unspecified atom stereocenters. The molecule has 3 nitrogen and oxygen atoms in total. The first-order valence-electron chi connectivity index (χ1n) is 4.77. The first kappa shape index (κ1) is 11.0. The molecule has 0 amide bonds. The summed E-state index contributed by atoms with van der Waals surface area (Å²) in [7, 11) is -3.17. The van der Waals surface area contributed by atoms with Gasteiger partial charge < -0.3 is 0 Å². The Kier molecular flexibility index (Phi) is 2.77. The summed E-state index contributed by atoms with van der Waals surface area (Å²) in [5.74, 6) is 0. The van der Waals surface area contributed by atoms with Crippen molar-refractivity contribution < 1.29 is 8.42 Å². The van der Waals surface area contributed by atoms with Crippen LogP contribution in [0.25, 0.3) is 0 Å². The second-order valence-electron chi connectivity index (χ2n) is 3.78. The highest BCUT2D eigenvalue weighted by molar-refractivity contribution is 9.10. The lowest BCUT2D eigenvalue weighted by Gasteiger charge is -2.11. The summed E-state index contributed by atoms with van der Waals surface area (Å²) in [6.07, 6.45) is 1.55. The molecule has 0 radical (unpaired) electrons. The summed E-state index contributed by atoms with van der Waals surface area (Å²) in [6.45, 7) is 1.88. The van der Waals surface area contributed by atoms with E-state index in [1.807, 2.05) is 25.1 Å². The first-order valence-corrected chi connectivity index (χ1v) is 7.11. The number of anilines is 1. The molecule has 0 atom stereocenters. The van der Waals surface area contributed by atoms with E-state index in [0.29, 0.717) is 5.69 Å². The molecule has 1 aromatic carbocycles. The monoisotopic (exact) mass is 289 g/mol. The van der Waals surface area contributed by atoms with Crippen molar-refractivity contribution in [1.29, 1.82) is 0 Å². The number of benzene rings is 1. The molecular formula is C10H12BrNO2S. The maximum Gasteiger partial charge on any atom is 0.235 e. The molecule has 0 aliphatic heterocycles. The van der Waals surface area contributed by atoms with Crippen molar-refractivity contribution in [2.45, 2.75) is 25.0 Å². The molecule has 0 spiro atoms. The molecule has 1 fully saturated rings. The van der Waals surface area contributed by atoms with Crippen LogP contribution in [0.15, 0.2) is 22.7 Å². The Balaban J connectivity index is 2.31. The maximum absolute atomic E-state index is 11.7. The number of rotatable bonds is 3. The van der Waals surface area contributed by atoms with Crippen molar-refractivity contribution in [3.05, 3.63) is 28.2 Å². The Morgan fingerprint density at radius 1 is 1.40 bits per heavy atom. The van der Waals surface area contributed by atoms with Crippen LogP contribution >= 0.6 is 15.9 Å². The zero-order chi connectivity index (χ0) is 11.1. The Labute approximate surface area is 98.1 Å². The van der Waals surface area contributed by atoms with Gasteiger partial charge in [-0.25, -0.2) is 8.42 Å². The van der Waals surface area contributed by atoms with E-state index in [1.54, 1.807) is 0 Å². The van der Waals surface area contributed by atoms with E-state index in [0.717, 1.165) is 22.9 Å². The van der Waals surface area contributed by atoms with Crippen molar-refractivity contribution in [3.63, 3.8) is 0 Å². The Bertz CT molecular complexity index is 460. The van der Waals surface area contributed by atoms with Crippen LogP contribution in [-0.2, 0) is 10.0 Å². The Hall–Kier alpha value is -0.550. The molecule has 0 saturated heterocycles. The van der Waals surface area contributed by atoms with Crippen LogP contribution in [0.4, 0.5) is 5.69 Å². The first-order chi connectivity index (χ1) is 7.00. The van der Waals surface area contributed by atoms with Crippen molar-refractivity contribution in [2.24, 2.45) is 0 Å². The predicted molar refractivity (Wildman–Crippen MR) is 64.4 cm³/mol. The Morgan fingerprint density at radius 3 is 2.60 bits per heavy atom. The lowest BCUT2D eigenvalue weighted by molar-refractivity contribution is 0.600. The molecule has 0 aromatic heterocycles. The van der Waals surface area contributed by atoms with E-state index in [9.17, 15) is 8.42 Å². The maximum atomic E-state index is 11.7. The van der Waals surface area contributed by atoms with E-state index >= 15 is 0 Å². The quantitative estimate of drug-likeness (QED) is 0.930. The smallest absolute Gasteiger partial charge is 0.235 e. The highest BCUT2D eigenvalue weighted by atomic mass is 79.9. The summed E-state index contributed by atoms with van der Waals surface area (Å²) >= 11 is 3.34. The van der Waals surface area contributed by atoms with Crippen molar-refractivity contribution in [2.75, 3.05) is 4.72 Å². The third-order valence-electron chi connectivity index (χ3n) is 2.43. The van der Waals surface area contributed by atoms with E-state index in [4.69, 9.17) is 0 Å². The zero-order valence-electron chi connectivity index (χ0n) is 8.33. The van der Waals surface area contributed by atoms with Crippen molar-refractivity contribution >= 4 is 31.6 Å². The van der Waals surface area contributed by atoms with E-state index < -0.39 is 10.0 Å². The third-order valence-corrected chi connectivity index (χ3v) is 4.93. The molecule has 1 aromatic rings. The highest BCUT2D eigenvalue weighted by Crippen LogP contribution is 2.33. The molecule has 5 heteroatoms. The fourth-order valence-electron chi connectivity index (χ4n) is 1.37. The predicted octanol–water partition coefficient (Wildman–Crippen LogP) is 2.66. The number of hydrogen-bond donors (Lipinski definition) is 1. The van der Waals surface area contributed by atoms with Crippen LogP contribution in [0, 0.1) is 6.92 Å². The van der Waals surface area contributed by atoms with Gasteiger partial charge >= 0.3 is 0 Å². The molecule has 1 aliphatic carbocycles. The number of aryl methyl sites for hydroxylation is 1. The second kappa shape index (κ2) is 3.79. The molecule has 2 rings (SSSR count). The van der Waals surface area contributed by atoms with Gasteiger partial charge in [-0.2, -0.15) is 0 Å². The Morgan fingerprint density at radius 2 is 2.07 bits per heavy atom. The fraction of sp³-hybridized carbons (Fsp3) is 0.400. The molecule has 15 heavy (non-hydrogen) atoms. The lowest BCUT2D eigenvalue weighted by Crippen LogP contribution is -2.18. The van der Waals surface area contributed by atoms with Gasteiger partial charge in [0.05, 0.1) is 10.9 Å². The van der Waals surface area contributed by atoms with Gasteiger partial charge in [-0.1, -0.05) is 12.1 Å². The van der Waals surface area contributed by atoms with E-state index in [1.165, 1.54) is 0 Å². The number of nitrogens with one attached hydrogen (secondary N) is 1. The third kappa shape index (κ3) is 2.34. The van der Waals surface area contributed by atoms with Crippen LogP contribution in [-0.4, -0.2) is 13.7 Å². The number of para-hydroxylation sites is 1. The summed E-state index contributed by atoms with van der Waals surface area (Å²) in [5, 5.41) is -0.191. The molecule has 0 bridgehead atoms. The lowest BCUT2D eigenvalue weighted by atomic mass is 10.2. The van der Waals surface area contributed by atoms with Gasteiger partial charge in [0.25, 0.3) is 0 Å². The molecular weight excluding hydrogens is 278 g/mol. The van der Waals surface area contributed by atoms with Crippen molar-refractivity contribution in [3.8, 4) is 0 Å². The van der Waals surface area contributed by atoms with Gasteiger partial charge in [0.2, 0.25) is 10.0 Å². The van der Waals surface area contributed by atoms with E-state index in [-0.39, 0.29) is 5.25 Å². The van der Waals surface area contributed by atoms with Gasteiger partial charge in [-0.15, -0.1) is 0 Å². The van der Waals surface area contributed by atoms with E-state index in [2.05, 4.69) is 20.7 Å². The average molecular weight is 290 g/mol. The molecule has 1 N–H and O–H groups in total. The van der Waals surface area contributed by atoms with Crippen LogP contribution in [0.1, 0.15) is 18.4 Å². The second-order valence-corrected chi connectivity index (χ2v) is 6.59. The van der Waals surface area contributed by atoms with Gasteiger partial charge in [0.1, 0.15) is 0 Å². The molecule has 82 valence electrons. The topological polar surface area (TPSA) is 46.2 Å². The minimum atomic E-state index is -3.17. The normalized spacial score (nSPS) is 16.4. The van der Waals surface area contributed by atoms with Crippen LogP contribution in [0.3, 0.4) is 0 Å². The summed E-state index contributed by atoms with van der Waals surface area (Å²) < 4.78 is 26.9. The zero-order valence-corrected chi connectivity index (χ0v) is 10.7. The van der Waals surface area contributed by atoms with Crippen molar-refractivity contribution in [1.82, 2.24) is 0 Å². The minimum absolute atomic E-state index is 0.191.